The lowest BCUT2D eigenvalue weighted by Crippen LogP contribution is -2.52. The van der Waals surface area contributed by atoms with Gasteiger partial charge in [-0.3, -0.25) is 19.8 Å². The fraction of sp³-hybridized carbons (Fsp3) is 0.750. The Morgan fingerprint density at radius 3 is 2.63 bits per heavy atom. The summed E-state index contributed by atoms with van der Waals surface area (Å²) in [6.45, 7) is 4.67. The molecule has 1 aliphatic rings. The molecule has 0 aliphatic carbocycles. The van der Waals surface area contributed by atoms with Gasteiger partial charge in [0.05, 0.1) is 6.54 Å². The van der Waals surface area contributed by atoms with Gasteiger partial charge < -0.3 is 10.4 Å². The molecule has 19 heavy (non-hydrogen) atoms. The number of piperidine rings is 1. The molecule has 0 aromatic heterocycles. The van der Waals surface area contributed by atoms with Crippen LogP contribution in [0.15, 0.2) is 0 Å². The smallest absolute Gasteiger partial charge is 0.321 e. The lowest BCUT2D eigenvalue weighted by Gasteiger charge is -2.35. The van der Waals surface area contributed by atoms with Crippen LogP contribution in [-0.2, 0) is 9.59 Å². The predicted octanol–water partition coefficient (Wildman–Crippen LogP) is 0.0172. The summed E-state index contributed by atoms with van der Waals surface area (Å²) in [6.07, 6.45) is 1.39. The summed E-state index contributed by atoms with van der Waals surface area (Å²) in [4.78, 5) is 35.6. The number of nitrogens with one attached hydrogen (secondary N) is 2. The molecule has 1 fully saturated rings. The van der Waals surface area contributed by atoms with Crippen molar-refractivity contribution in [3.8, 4) is 0 Å². The quantitative estimate of drug-likeness (QED) is 0.669. The van der Waals surface area contributed by atoms with Crippen LogP contribution in [0.25, 0.3) is 0 Å². The molecule has 1 rings (SSSR count). The first-order valence-corrected chi connectivity index (χ1v) is 6.48. The molecule has 2 atom stereocenters. The van der Waals surface area contributed by atoms with E-state index in [0.29, 0.717) is 25.4 Å². The number of carbonyl (C=O) groups excluding carboxylic acids is 2. The normalized spacial score (nSPS) is 23.7. The van der Waals surface area contributed by atoms with E-state index in [1.54, 1.807) is 11.8 Å². The van der Waals surface area contributed by atoms with Crippen molar-refractivity contribution in [1.82, 2.24) is 15.5 Å². The average Bonchev–Trinajstić information content (AvgIpc) is 2.31. The molecule has 3 amide bonds. The van der Waals surface area contributed by atoms with Crippen molar-refractivity contribution in [1.29, 1.82) is 0 Å². The summed E-state index contributed by atoms with van der Waals surface area (Å²) in [5.74, 6) is -1.06. The van der Waals surface area contributed by atoms with Crippen molar-refractivity contribution in [3.05, 3.63) is 0 Å². The molecule has 7 heteroatoms. The Morgan fingerprint density at radius 2 is 2.05 bits per heavy atom. The molecule has 1 aliphatic heterocycles. The highest BCUT2D eigenvalue weighted by Crippen LogP contribution is 2.22. The molecule has 108 valence electrons. The molecule has 7 nitrogen and oxygen atoms in total. The van der Waals surface area contributed by atoms with Gasteiger partial charge in [-0.15, -0.1) is 0 Å². The van der Waals surface area contributed by atoms with Crippen LogP contribution in [0.3, 0.4) is 0 Å². The number of aliphatic carboxylic acids is 1. The third-order valence-corrected chi connectivity index (χ3v) is 3.20. The molecule has 0 radical (unpaired) electrons. The van der Waals surface area contributed by atoms with Crippen LogP contribution in [0.1, 0.15) is 26.7 Å². The van der Waals surface area contributed by atoms with Gasteiger partial charge in [0.2, 0.25) is 5.91 Å². The fourth-order valence-electron chi connectivity index (χ4n) is 2.19. The molecule has 2 unspecified atom stereocenters. The van der Waals surface area contributed by atoms with Gasteiger partial charge in [0.25, 0.3) is 0 Å². The van der Waals surface area contributed by atoms with E-state index in [-0.39, 0.29) is 6.54 Å². The summed E-state index contributed by atoms with van der Waals surface area (Å²) < 4.78 is 0. The van der Waals surface area contributed by atoms with Gasteiger partial charge in [-0.1, -0.05) is 6.92 Å². The predicted molar refractivity (Wildman–Crippen MR) is 68.6 cm³/mol. The van der Waals surface area contributed by atoms with Gasteiger partial charge in [0.15, 0.2) is 0 Å². The van der Waals surface area contributed by atoms with Gasteiger partial charge >= 0.3 is 12.0 Å². The number of nitrogens with zero attached hydrogens (tertiary/aromatic N) is 1. The zero-order valence-corrected chi connectivity index (χ0v) is 11.3. The van der Waals surface area contributed by atoms with Crippen molar-refractivity contribution in [2.75, 3.05) is 19.6 Å². The average molecular weight is 271 g/mol. The first-order valence-electron chi connectivity index (χ1n) is 6.48. The van der Waals surface area contributed by atoms with E-state index in [1.807, 2.05) is 6.92 Å². The van der Waals surface area contributed by atoms with Crippen LogP contribution >= 0.6 is 0 Å². The van der Waals surface area contributed by atoms with Gasteiger partial charge in [0, 0.05) is 6.54 Å². The molecule has 0 saturated carbocycles. The number of carboxylic acid groups (broad SMARTS) is 1. The van der Waals surface area contributed by atoms with E-state index in [0.717, 1.165) is 6.42 Å². The van der Waals surface area contributed by atoms with Gasteiger partial charge in [-0.2, -0.15) is 0 Å². The molecule has 1 heterocycles. The Balaban J connectivity index is 2.51. The molecular formula is C12H21N3O4. The van der Waals surface area contributed by atoms with Gasteiger partial charge in [-0.05, 0) is 32.2 Å². The number of amides is 3. The number of likely N-dealkylation sites (tertiary alicyclic amines) is 1. The SMILES string of the molecule is CCNC(=O)NC(=O)CN1CCC(C)CC1C(=O)O. The van der Waals surface area contributed by atoms with Crippen molar-refractivity contribution in [2.24, 2.45) is 5.92 Å². The summed E-state index contributed by atoms with van der Waals surface area (Å²) in [5, 5.41) is 13.8. The van der Waals surface area contributed by atoms with Crippen molar-refractivity contribution in [2.45, 2.75) is 32.7 Å². The monoisotopic (exact) mass is 271 g/mol. The molecule has 3 N–H and O–H groups in total. The molecule has 0 aromatic carbocycles. The lowest BCUT2D eigenvalue weighted by atomic mass is 9.92. The van der Waals surface area contributed by atoms with Crippen LogP contribution < -0.4 is 10.6 Å². The second-order valence-electron chi connectivity index (χ2n) is 4.86. The summed E-state index contributed by atoms with van der Waals surface area (Å²) >= 11 is 0. The van der Waals surface area contributed by atoms with Crippen molar-refractivity contribution in [3.63, 3.8) is 0 Å². The maximum Gasteiger partial charge on any atom is 0.321 e. The molecule has 0 bridgehead atoms. The van der Waals surface area contributed by atoms with Crippen molar-refractivity contribution < 1.29 is 19.5 Å². The number of carboxylic acids is 1. The maximum atomic E-state index is 11.6. The maximum absolute atomic E-state index is 11.6. The highest BCUT2D eigenvalue weighted by Gasteiger charge is 2.32. The number of hydrogen-bond acceptors (Lipinski definition) is 4. The Labute approximate surface area is 112 Å². The van der Waals surface area contributed by atoms with Crippen LogP contribution in [-0.4, -0.2) is 53.6 Å². The number of carbonyl (C=O) groups is 3. The Hall–Kier alpha value is -1.63. The lowest BCUT2D eigenvalue weighted by molar-refractivity contribution is -0.146. The standard InChI is InChI=1S/C12H21N3O4/c1-3-13-12(19)14-10(16)7-15-5-4-8(2)6-9(15)11(17)18/h8-9H,3-7H2,1-2H3,(H,17,18)(H2,13,14,16,19). The van der Waals surface area contributed by atoms with E-state index in [2.05, 4.69) is 10.6 Å². The minimum absolute atomic E-state index is 0.0686. The van der Waals surface area contributed by atoms with E-state index >= 15 is 0 Å². The highest BCUT2D eigenvalue weighted by atomic mass is 16.4. The number of imide groups is 1. The number of hydrogen-bond donors (Lipinski definition) is 3. The second-order valence-corrected chi connectivity index (χ2v) is 4.86. The van der Waals surface area contributed by atoms with Crippen LogP contribution in [0.5, 0.6) is 0 Å². The van der Waals surface area contributed by atoms with Crippen LogP contribution in [0.4, 0.5) is 4.79 Å². The second kappa shape index (κ2) is 7.08. The van der Waals surface area contributed by atoms with E-state index < -0.39 is 23.9 Å². The number of urea groups is 1. The topological polar surface area (TPSA) is 98.7 Å². The van der Waals surface area contributed by atoms with Crippen molar-refractivity contribution >= 4 is 17.9 Å². The molecule has 0 aromatic rings. The molecule has 0 spiro atoms. The van der Waals surface area contributed by atoms with E-state index in [4.69, 9.17) is 5.11 Å². The number of rotatable bonds is 4. The summed E-state index contributed by atoms with van der Waals surface area (Å²) in [6, 6.07) is -1.20. The minimum Gasteiger partial charge on any atom is -0.480 e. The van der Waals surface area contributed by atoms with Gasteiger partial charge in [0.1, 0.15) is 6.04 Å². The van der Waals surface area contributed by atoms with Crippen LogP contribution in [0.2, 0.25) is 0 Å². The zero-order chi connectivity index (χ0) is 14.4. The molecule has 1 saturated heterocycles. The largest absolute Gasteiger partial charge is 0.480 e. The first-order chi connectivity index (χ1) is 8.93. The highest BCUT2D eigenvalue weighted by molar-refractivity contribution is 5.95. The zero-order valence-electron chi connectivity index (χ0n) is 11.3. The molecular weight excluding hydrogens is 250 g/mol. The summed E-state index contributed by atoms with van der Waals surface area (Å²) in [5.41, 5.74) is 0. The minimum atomic E-state index is -0.919. The Morgan fingerprint density at radius 1 is 1.37 bits per heavy atom. The Bertz CT molecular complexity index is 359. The fourth-order valence-corrected chi connectivity index (χ4v) is 2.19. The third-order valence-electron chi connectivity index (χ3n) is 3.20. The van der Waals surface area contributed by atoms with Gasteiger partial charge in [-0.25, -0.2) is 4.79 Å². The summed E-state index contributed by atoms with van der Waals surface area (Å²) in [7, 11) is 0. The third kappa shape index (κ3) is 4.86. The first kappa shape index (κ1) is 15.4. The van der Waals surface area contributed by atoms with E-state index in [1.165, 1.54) is 0 Å². The van der Waals surface area contributed by atoms with E-state index in [9.17, 15) is 14.4 Å². The van der Waals surface area contributed by atoms with Crippen LogP contribution in [0, 0.1) is 5.92 Å². The Kier molecular flexibility index (Phi) is 5.75.